The van der Waals surface area contributed by atoms with Crippen molar-refractivity contribution in [2.45, 2.75) is 6.54 Å². The van der Waals surface area contributed by atoms with Gasteiger partial charge in [-0.2, -0.15) is 0 Å². The maximum atomic E-state index is 10.7. The van der Waals surface area contributed by atoms with Gasteiger partial charge in [-0.05, 0) is 18.7 Å². The number of likely N-dealkylation sites (N-methyl/N-ethyl adjacent to an activating group) is 1. The smallest absolute Gasteiger partial charge is 0.293 e. The van der Waals surface area contributed by atoms with E-state index in [1.807, 2.05) is 11.9 Å². The molecule has 0 aliphatic heterocycles. The Morgan fingerprint density at radius 2 is 2.29 bits per heavy atom. The predicted molar refractivity (Wildman–Crippen MR) is 64.3 cm³/mol. The molecule has 0 aliphatic rings. The Labute approximate surface area is 99.0 Å². The minimum Gasteiger partial charge on any atom is -0.395 e. The summed E-state index contributed by atoms with van der Waals surface area (Å²) in [7, 11) is 1.85. The summed E-state index contributed by atoms with van der Waals surface area (Å²) in [6.07, 6.45) is 0. The predicted octanol–water partition coefficient (Wildman–Crippen LogP) is 0.304. The minimum atomic E-state index is -0.490. The van der Waals surface area contributed by atoms with Gasteiger partial charge in [-0.1, -0.05) is 6.07 Å². The fourth-order valence-corrected chi connectivity index (χ4v) is 1.52. The average Bonchev–Trinajstić information content (AvgIpc) is 2.28. The second-order valence-electron chi connectivity index (χ2n) is 3.71. The number of nitrogens with one attached hydrogen (secondary N) is 1. The number of nitrogen functional groups attached to an aromatic ring is 1. The number of aliphatic hydroxyl groups is 1. The second kappa shape index (κ2) is 6.14. The third-order valence-electron chi connectivity index (χ3n) is 2.35. The highest BCUT2D eigenvalue weighted by Crippen LogP contribution is 2.24. The number of nitrogens with zero attached hydrogens (tertiary/aromatic N) is 2. The summed E-state index contributed by atoms with van der Waals surface area (Å²) >= 11 is 0. The van der Waals surface area contributed by atoms with E-state index >= 15 is 0 Å². The highest BCUT2D eigenvalue weighted by atomic mass is 16.6. The lowest BCUT2D eigenvalue weighted by atomic mass is 10.1. The third-order valence-corrected chi connectivity index (χ3v) is 2.35. The van der Waals surface area contributed by atoms with Crippen molar-refractivity contribution in [1.82, 2.24) is 4.90 Å². The summed E-state index contributed by atoms with van der Waals surface area (Å²) in [5.41, 5.74) is 3.43. The third kappa shape index (κ3) is 3.66. The van der Waals surface area contributed by atoms with Gasteiger partial charge in [0.15, 0.2) is 0 Å². The van der Waals surface area contributed by atoms with Crippen LogP contribution in [0.15, 0.2) is 18.2 Å². The number of rotatable bonds is 6. The van der Waals surface area contributed by atoms with E-state index in [9.17, 15) is 10.1 Å². The van der Waals surface area contributed by atoms with Gasteiger partial charge in [0.2, 0.25) is 0 Å². The highest BCUT2D eigenvalue weighted by molar-refractivity contribution is 5.62. The Balaban J connectivity index is 2.86. The molecule has 0 saturated heterocycles. The van der Waals surface area contributed by atoms with Gasteiger partial charge in [-0.15, -0.1) is 0 Å². The van der Waals surface area contributed by atoms with Crippen molar-refractivity contribution in [2.24, 2.45) is 5.84 Å². The lowest BCUT2D eigenvalue weighted by Crippen LogP contribution is -2.21. The number of nitrogens with two attached hydrogens (primary N) is 1. The van der Waals surface area contributed by atoms with E-state index in [0.717, 1.165) is 5.56 Å². The molecule has 7 heteroatoms. The van der Waals surface area contributed by atoms with Gasteiger partial charge in [0, 0.05) is 19.2 Å². The molecule has 1 rings (SSSR count). The quantitative estimate of drug-likeness (QED) is 0.375. The summed E-state index contributed by atoms with van der Waals surface area (Å²) in [6.45, 7) is 1.21. The van der Waals surface area contributed by atoms with Crippen LogP contribution in [0.2, 0.25) is 0 Å². The van der Waals surface area contributed by atoms with Crippen LogP contribution in [-0.4, -0.2) is 35.1 Å². The summed E-state index contributed by atoms with van der Waals surface area (Å²) in [5.74, 6) is 5.24. The van der Waals surface area contributed by atoms with Crippen molar-refractivity contribution < 1.29 is 10.0 Å². The van der Waals surface area contributed by atoms with Crippen molar-refractivity contribution in [3.8, 4) is 0 Å². The molecule has 0 atom stereocenters. The SMILES string of the molecule is CN(CCO)Cc1ccc([N+](=O)[O-])c(NN)c1. The van der Waals surface area contributed by atoms with Crippen molar-refractivity contribution in [3.63, 3.8) is 0 Å². The number of anilines is 1. The van der Waals surface area contributed by atoms with Crippen molar-refractivity contribution in [1.29, 1.82) is 0 Å². The van der Waals surface area contributed by atoms with Crippen molar-refractivity contribution in [3.05, 3.63) is 33.9 Å². The first-order valence-electron chi connectivity index (χ1n) is 5.11. The monoisotopic (exact) mass is 240 g/mol. The standard InChI is InChI=1S/C10H16N4O3/c1-13(4-5-15)7-8-2-3-10(14(16)17)9(6-8)12-11/h2-3,6,12,15H,4-5,7,11H2,1H3. The zero-order valence-corrected chi connectivity index (χ0v) is 9.59. The number of hydrogen-bond donors (Lipinski definition) is 3. The molecule has 0 heterocycles. The van der Waals surface area contributed by atoms with Gasteiger partial charge in [-0.25, -0.2) is 0 Å². The minimum absolute atomic E-state index is 0.0546. The molecule has 0 saturated carbocycles. The molecule has 0 fully saturated rings. The van der Waals surface area contributed by atoms with E-state index in [4.69, 9.17) is 10.9 Å². The lowest BCUT2D eigenvalue weighted by Gasteiger charge is -2.15. The number of hydrogen-bond acceptors (Lipinski definition) is 6. The molecule has 7 nitrogen and oxygen atoms in total. The maximum absolute atomic E-state index is 10.7. The zero-order chi connectivity index (χ0) is 12.8. The van der Waals surface area contributed by atoms with Gasteiger partial charge in [0.1, 0.15) is 5.69 Å². The molecule has 1 aromatic rings. The van der Waals surface area contributed by atoms with E-state index < -0.39 is 4.92 Å². The lowest BCUT2D eigenvalue weighted by molar-refractivity contribution is -0.384. The first kappa shape index (κ1) is 13.4. The molecule has 0 aromatic heterocycles. The fourth-order valence-electron chi connectivity index (χ4n) is 1.52. The van der Waals surface area contributed by atoms with E-state index in [0.29, 0.717) is 13.1 Å². The van der Waals surface area contributed by atoms with Gasteiger partial charge in [0.25, 0.3) is 5.69 Å². The number of aliphatic hydroxyl groups excluding tert-OH is 1. The molecular weight excluding hydrogens is 224 g/mol. The number of hydrazine groups is 1. The van der Waals surface area contributed by atoms with Gasteiger partial charge in [0.05, 0.1) is 11.5 Å². The molecule has 1 aromatic carbocycles. The highest BCUT2D eigenvalue weighted by Gasteiger charge is 2.13. The number of nitro groups is 1. The van der Waals surface area contributed by atoms with Crippen LogP contribution < -0.4 is 11.3 Å². The van der Waals surface area contributed by atoms with Crippen LogP contribution in [0.25, 0.3) is 0 Å². The van der Waals surface area contributed by atoms with E-state index in [1.165, 1.54) is 6.07 Å². The Hall–Kier alpha value is -1.70. The van der Waals surface area contributed by atoms with Gasteiger partial charge < -0.3 is 10.5 Å². The molecule has 94 valence electrons. The number of benzene rings is 1. The Morgan fingerprint density at radius 3 is 2.82 bits per heavy atom. The molecule has 0 radical (unpaired) electrons. The fraction of sp³-hybridized carbons (Fsp3) is 0.400. The first-order valence-corrected chi connectivity index (χ1v) is 5.11. The molecule has 0 spiro atoms. The van der Waals surface area contributed by atoms with Crippen LogP contribution >= 0.6 is 0 Å². The van der Waals surface area contributed by atoms with Crippen LogP contribution in [0.4, 0.5) is 11.4 Å². The van der Waals surface area contributed by atoms with Gasteiger partial charge >= 0.3 is 0 Å². The Kier molecular flexibility index (Phi) is 4.83. The van der Waals surface area contributed by atoms with Crippen molar-refractivity contribution >= 4 is 11.4 Å². The summed E-state index contributed by atoms with van der Waals surface area (Å²) in [6, 6.07) is 4.72. The van der Waals surface area contributed by atoms with Crippen LogP contribution in [0.1, 0.15) is 5.56 Å². The summed E-state index contributed by atoms with van der Waals surface area (Å²) < 4.78 is 0. The summed E-state index contributed by atoms with van der Waals surface area (Å²) in [5, 5.41) is 19.5. The summed E-state index contributed by atoms with van der Waals surface area (Å²) in [4.78, 5) is 12.1. The molecule has 0 unspecified atom stereocenters. The second-order valence-corrected chi connectivity index (χ2v) is 3.71. The van der Waals surface area contributed by atoms with Crippen LogP contribution in [-0.2, 0) is 6.54 Å². The zero-order valence-electron chi connectivity index (χ0n) is 9.59. The largest absolute Gasteiger partial charge is 0.395 e. The van der Waals surface area contributed by atoms with Gasteiger partial charge in [-0.3, -0.25) is 20.9 Å². The molecule has 17 heavy (non-hydrogen) atoms. The van der Waals surface area contributed by atoms with E-state index in [2.05, 4.69) is 5.43 Å². The molecule has 4 N–H and O–H groups in total. The Morgan fingerprint density at radius 1 is 1.59 bits per heavy atom. The molecule has 0 amide bonds. The van der Waals surface area contributed by atoms with Crippen LogP contribution in [0, 0.1) is 10.1 Å². The van der Waals surface area contributed by atoms with Crippen LogP contribution in [0.3, 0.4) is 0 Å². The topological polar surface area (TPSA) is 105 Å². The first-order chi connectivity index (χ1) is 8.08. The van der Waals surface area contributed by atoms with Crippen molar-refractivity contribution in [2.75, 3.05) is 25.6 Å². The maximum Gasteiger partial charge on any atom is 0.293 e. The van der Waals surface area contributed by atoms with E-state index in [-0.39, 0.29) is 18.0 Å². The van der Waals surface area contributed by atoms with Crippen LogP contribution in [0.5, 0.6) is 0 Å². The molecule has 0 aliphatic carbocycles. The Bertz CT molecular complexity index is 397. The van der Waals surface area contributed by atoms with E-state index in [1.54, 1.807) is 12.1 Å². The molecule has 0 bridgehead atoms. The number of nitro benzene ring substituents is 1. The normalized spacial score (nSPS) is 10.6. The molecular formula is C10H16N4O3. The average molecular weight is 240 g/mol.